The highest BCUT2D eigenvalue weighted by atomic mass is 16.4. The summed E-state index contributed by atoms with van der Waals surface area (Å²) in [6, 6.07) is 2.83. The molecule has 0 atom stereocenters. The van der Waals surface area contributed by atoms with E-state index in [2.05, 4.69) is 0 Å². The lowest BCUT2D eigenvalue weighted by molar-refractivity contribution is -0.256. The van der Waals surface area contributed by atoms with E-state index in [-0.39, 0.29) is 23.0 Å². The lowest BCUT2D eigenvalue weighted by Crippen LogP contribution is -2.30. The molecule has 130 valence electrons. The molecule has 4 heteroatoms. The molecule has 0 unspecified atom stereocenters. The molecule has 0 saturated heterocycles. The van der Waals surface area contributed by atoms with E-state index in [9.17, 15) is 19.8 Å². The SMILES string of the molecule is O=C([O-])c1ccc(C(=O)[O-])c(C2CCCCC2)c1C1CCCCC1. The molecule has 24 heavy (non-hydrogen) atoms. The second-order valence-electron chi connectivity index (χ2n) is 7.23. The molecule has 4 nitrogen and oxygen atoms in total. The Morgan fingerprint density at radius 1 is 0.667 bits per heavy atom. The van der Waals surface area contributed by atoms with E-state index in [1.807, 2.05) is 0 Å². The van der Waals surface area contributed by atoms with E-state index in [0.717, 1.165) is 75.3 Å². The van der Waals surface area contributed by atoms with Gasteiger partial charge in [-0.3, -0.25) is 0 Å². The van der Waals surface area contributed by atoms with E-state index in [4.69, 9.17) is 0 Å². The molecule has 2 aliphatic rings. The van der Waals surface area contributed by atoms with Crippen LogP contribution < -0.4 is 10.2 Å². The van der Waals surface area contributed by atoms with E-state index in [0.29, 0.717) is 0 Å². The number of benzene rings is 1. The maximum absolute atomic E-state index is 11.7. The summed E-state index contributed by atoms with van der Waals surface area (Å²) >= 11 is 0. The van der Waals surface area contributed by atoms with Crippen LogP contribution in [0.3, 0.4) is 0 Å². The topological polar surface area (TPSA) is 80.3 Å². The van der Waals surface area contributed by atoms with Gasteiger partial charge in [-0.25, -0.2) is 0 Å². The van der Waals surface area contributed by atoms with Crippen LogP contribution in [0.2, 0.25) is 0 Å². The van der Waals surface area contributed by atoms with Crippen LogP contribution in [-0.2, 0) is 0 Å². The minimum atomic E-state index is -1.20. The second-order valence-corrected chi connectivity index (χ2v) is 7.23. The zero-order chi connectivity index (χ0) is 17.1. The maximum Gasteiger partial charge on any atom is 0.0718 e. The van der Waals surface area contributed by atoms with Gasteiger partial charge in [0.15, 0.2) is 0 Å². The predicted octanol–water partition coefficient (Wildman–Crippen LogP) is 2.51. The smallest absolute Gasteiger partial charge is 0.0718 e. The Balaban J connectivity index is 2.17. The van der Waals surface area contributed by atoms with Crippen molar-refractivity contribution in [1.82, 2.24) is 0 Å². The Morgan fingerprint density at radius 2 is 1.00 bits per heavy atom. The summed E-state index contributed by atoms with van der Waals surface area (Å²) < 4.78 is 0. The van der Waals surface area contributed by atoms with Crippen molar-refractivity contribution in [1.29, 1.82) is 0 Å². The first-order chi connectivity index (χ1) is 11.6. The van der Waals surface area contributed by atoms with Gasteiger partial charge in [-0.1, -0.05) is 50.7 Å². The standard InChI is InChI=1S/C20H26O4/c21-19(22)15-11-12-16(20(23)24)18(14-9-5-2-6-10-14)17(15)13-7-3-1-4-8-13/h11-14H,1-10H2,(H,21,22)(H,23,24)/p-2. The molecule has 0 heterocycles. The Kier molecular flexibility index (Phi) is 5.22. The van der Waals surface area contributed by atoms with Crippen LogP contribution in [0.15, 0.2) is 12.1 Å². The highest BCUT2D eigenvalue weighted by Crippen LogP contribution is 2.43. The van der Waals surface area contributed by atoms with Gasteiger partial charge < -0.3 is 19.8 Å². The van der Waals surface area contributed by atoms with Gasteiger partial charge in [-0.05, 0) is 48.6 Å². The molecule has 2 fully saturated rings. The van der Waals surface area contributed by atoms with Crippen LogP contribution in [0.25, 0.3) is 0 Å². The Labute approximate surface area is 142 Å². The number of aromatic carboxylic acids is 2. The molecule has 2 saturated carbocycles. The average molecular weight is 328 g/mol. The quantitative estimate of drug-likeness (QED) is 0.850. The normalized spacial score (nSPS) is 20.0. The van der Waals surface area contributed by atoms with Crippen molar-refractivity contribution >= 4 is 11.9 Å². The molecule has 0 radical (unpaired) electrons. The third kappa shape index (κ3) is 3.33. The van der Waals surface area contributed by atoms with Crippen molar-refractivity contribution in [2.75, 3.05) is 0 Å². The molecular weight excluding hydrogens is 304 g/mol. The first-order valence-electron chi connectivity index (χ1n) is 9.19. The third-order valence-electron chi connectivity index (χ3n) is 5.75. The molecule has 0 bridgehead atoms. The van der Waals surface area contributed by atoms with Crippen molar-refractivity contribution < 1.29 is 19.8 Å². The molecule has 0 aliphatic heterocycles. The van der Waals surface area contributed by atoms with Gasteiger partial charge in [0.05, 0.1) is 11.9 Å². The number of hydrogen-bond donors (Lipinski definition) is 0. The predicted molar refractivity (Wildman–Crippen MR) is 86.8 cm³/mol. The largest absolute Gasteiger partial charge is 0.545 e. The van der Waals surface area contributed by atoms with Crippen molar-refractivity contribution in [3.63, 3.8) is 0 Å². The summed E-state index contributed by atoms with van der Waals surface area (Å²) in [4.78, 5) is 23.4. The van der Waals surface area contributed by atoms with Crippen LogP contribution in [0, 0.1) is 0 Å². The Hall–Kier alpha value is -1.84. The van der Waals surface area contributed by atoms with Crippen molar-refractivity contribution in [3.8, 4) is 0 Å². The van der Waals surface area contributed by atoms with Crippen LogP contribution in [-0.4, -0.2) is 11.9 Å². The van der Waals surface area contributed by atoms with Crippen LogP contribution in [0.5, 0.6) is 0 Å². The monoisotopic (exact) mass is 328 g/mol. The molecule has 0 N–H and O–H groups in total. The lowest BCUT2D eigenvalue weighted by atomic mass is 9.72. The number of rotatable bonds is 4. The summed E-state index contributed by atoms with van der Waals surface area (Å²) in [5, 5.41) is 23.4. The fourth-order valence-electron chi connectivity index (χ4n) is 4.65. The van der Waals surface area contributed by atoms with Crippen molar-refractivity contribution in [2.45, 2.75) is 76.0 Å². The summed E-state index contributed by atoms with van der Waals surface area (Å²) in [5.41, 5.74) is 1.85. The fourth-order valence-corrected chi connectivity index (χ4v) is 4.65. The Bertz CT molecular complexity index is 568. The van der Waals surface area contributed by atoms with Gasteiger partial charge in [-0.15, -0.1) is 0 Å². The van der Waals surface area contributed by atoms with Gasteiger partial charge in [0.2, 0.25) is 0 Å². The van der Waals surface area contributed by atoms with Crippen LogP contribution in [0.1, 0.15) is 108 Å². The maximum atomic E-state index is 11.7. The molecule has 3 rings (SSSR count). The summed E-state index contributed by atoms with van der Waals surface area (Å²) in [5.74, 6) is -2.14. The lowest BCUT2D eigenvalue weighted by Gasteiger charge is -2.33. The average Bonchev–Trinajstić information content (AvgIpc) is 2.61. The van der Waals surface area contributed by atoms with Gasteiger partial charge in [-0.2, -0.15) is 0 Å². The first-order valence-corrected chi connectivity index (χ1v) is 9.19. The van der Waals surface area contributed by atoms with E-state index in [1.54, 1.807) is 0 Å². The van der Waals surface area contributed by atoms with Crippen LogP contribution in [0.4, 0.5) is 0 Å². The molecule has 1 aromatic carbocycles. The minimum Gasteiger partial charge on any atom is -0.545 e. The summed E-state index contributed by atoms with van der Waals surface area (Å²) in [6.07, 6.45) is 10.3. The highest BCUT2D eigenvalue weighted by molar-refractivity contribution is 5.94. The van der Waals surface area contributed by atoms with Gasteiger partial charge in [0.1, 0.15) is 0 Å². The molecule has 2 aliphatic carbocycles. The zero-order valence-corrected chi connectivity index (χ0v) is 14.0. The van der Waals surface area contributed by atoms with Gasteiger partial charge >= 0.3 is 0 Å². The third-order valence-corrected chi connectivity index (χ3v) is 5.75. The molecular formula is C20H24O4-2. The summed E-state index contributed by atoms with van der Waals surface area (Å²) in [6.45, 7) is 0. The number of carboxylic acids is 2. The van der Waals surface area contributed by atoms with Crippen molar-refractivity contribution in [3.05, 3.63) is 34.4 Å². The molecule has 0 amide bonds. The first kappa shape index (κ1) is 17.0. The summed E-state index contributed by atoms with van der Waals surface area (Å²) in [7, 11) is 0. The van der Waals surface area contributed by atoms with Gasteiger partial charge in [0.25, 0.3) is 0 Å². The molecule has 0 aromatic heterocycles. The highest BCUT2D eigenvalue weighted by Gasteiger charge is 2.29. The number of hydrogen-bond acceptors (Lipinski definition) is 4. The van der Waals surface area contributed by atoms with Crippen LogP contribution >= 0.6 is 0 Å². The fraction of sp³-hybridized carbons (Fsp3) is 0.600. The zero-order valence-electron chi connectivity index (χ0n) is 14.0. The Morgan fingerprint density at radius 3 is 1.29 bits per heavy atom. The number of carbonyl (C=O) groups excluding carboxylic acids is 2. The minimum absolute atomic E-state index is 0.128. The second kappa shape index (κ2) is 7.37. The van der Waals surface area contributed by atoms with Gasteiger partial charge in [0, 0.05) is 11.1 Å². The molecule has 0 spiro atoms. The van der Waals surface area contributed by atoms with E-state index >= 15 is 0 Å². The molecule has 1 aromatic rings. The van der Waals surface area contributed by atoms with E-state index < -0.39 is 11.9 Å². The number of carboxylic acid groups (broad SMARTS) is 2. The number of carbonyl (C=O) groups is 2. The van der Waals surface area contributed by atoms with Crippen molar-refractivity contribution in [2.24, 2.45) is 0 Å². The van der Waals surface area contributed by atoms with E-state index in [1.165, 1.54) is 12.1 Å².